The van der Waals surface area contributed by atoms with Gasteiger partial charge in [0.05, 0.1) is 6.04 Å². The van der Waals surface area contributed by atoms with E-state index in [1.54, 1.807) is 12.4 Å². The van der Waals surface area contributed by atoms with Crippen molar-refractivity contribution in [1.82, 2.24) is 9.71 Å². The van der Waals surface area contributed by atoms with Crippen molar-refractivity contribution < 1.29 is 4.55 Å². The fourth-order valence-electron chi connectivity index (χ4n) is 1.04. The quantitative estimate of drug-likeness (QED) is 0.804. The summed E-state index contributed by atoms with van der Waals surface area (Å²) in [6, 6.07) is 3.91. The van der Waals surface area contributed by atoms with Gasteiger partial charge >= 0.3 is 0 Å². The maximum Gasteiger partial charge on any atom is 0.136 e. The molecule has 1 heterocycles. The summed E-state index contributed by atoms with van der Waals surface area (Å²) in [6.07, 6.45) is 3.52. The van der Waals surface area contributed by atoms with Crippen LogP contribution >= 0.6 is 0 Å². The highest BCUT2D eigenvalue weighted by atomic mass is 32.2. The highest BCUT2D eigenvalue weighted by molar-refractivity contribution is 7.90. The molecular formula is C11H18N2OS. The average molecular weight is 226 g/mol. The average Bonchev–Trinajstić information content (AvgIpc) is 2.17. The summed E-state index contributed by atoms with van der Waals surface area (Å²) in [5.74, 6) is 0. The van der Waals surface area contributed by atoms with Crippen molar-refractivity contribution in [3.8, 4) is 0 Å². The Labute approximate surface area is 94.6 Å². The van der Waals surface area contributed by atoms with E-state index in [0.717, 1.165) is 5.56 Å². The Bertz CT molecular complexity index is 297. The molecule has 0 saturated heterocycles. The van der Waals surface area contributed by atoms with Crippen LogP contribution in [-0.2, 0) is 11.4 Å². The first-order valence-electron chi connectivity index (χ1n) is 4.99. The fourth-order valence-corrected chi connectivity index (χ4v) is 1.85. The predicted octanol–water partition coefficient (Wildman–Crippen LogP) is 2.19. The van der Waals surface area contributed by atoms with Crippen LogP contribution in [0.5, 0.6) is 0 Å². The molecule has 0 unspecified atom stereocenters. The zero-order valence-electron chi connectivity index (χ0n) is 9.65. The summed E-state index contributed by atoms with van der Waals surface area (Å²) < 4.78 is 14.7. The zero-order valence-corrected chi connectivity index (χ0v) is 10.5. The Morgan fingerprint density at radius 2 is 2.13 bits per heavy atom. The van der Waals surface area contributed by atoms with Crippen molar-refractivity contribution >= 4 is 11.4 Å². The van der Waals surface area contributed by atoms with Crippen LogP contribution in [0.4, 0.5) is 0 Å². The molecule has 3 nitrogen and oxygen atoms in total. The molecule has 2 atom stereocenters. The van der Waals surface area contributed by atoms with Crippen molar-refractivity contribution in [3.05, 3.63) is 30.1 Å². The van der Waals surface area contributed by atoms with Gasteiger partial charge in [-0.2, -0.15) is 0 Å². The SMILES string of the molecule is C[C@H](N[S@+]([O-])C(C)(C)C)c1cccnc1. The first kappa shape index (κ1) is 12.5. The van der Waals surface area contributed by atoms with E-state index in [-0.39, 0.29) is 10.8 Å². The molecule has 1 aromatic rings. The number of hydrogen-bond acceptors (Lipinski definition) is 3. The number of nitrogens with one attached hydrogen (secondary N) is 1. The lowest BCUT2D eigenvalue weighted by Crippen LogP contribution is -2.40. The molecule has 0 bridgehead atoms. The van der Waals surface area contributed by atoms with Gasteiger partial charge in [0, 0.05) is 23.8 Å². The van der Waals surface area contributed by atoms with E-state index in [0.29, 0.717) is 0 Å². The molecule has 0 amide bonds. The second-order valence-electron chi connectivity index (χ2n) is 4.51. The van der Waals surface area contributed by atoms with Crippen LogP contribution in [-0.4, -0.2) is 14.3 Å². The maximum atomic E-state index is 11.8. The van der Waals surface area contributed by atoms with Gasteiger partial charge in [-0.25, -0.2) is 0 Å². The first-order valence-corrected chi connectivity index (χ1v) is 6.14. The molecule has 0 aliphatic rings. The van der Waals surface area contributed by atoms with Crippen LogP contribution in [0, 0.1) is 0 Å². The molecule has 4 heteroatoms. The minimum absolute atomic E-state index is 0.0544. The zero-order chi connectivity index (χ0) is 11.5. The van der Waals surface area contributed by atoms with Crippen molar-refractivity contribution in [1.29, 1.82) is 0 Å². The third-order valence-electron chi connectivity index (χ3n) is 2.02. The molecule has 15 heavy (non-hydrogen) atoms. The number of nitrogens with zero attached hydrogens (tertiary/aromatic N) is 1. The van der Waals surface area contributed by atoms with Gasteiger partial charge in [-0.05, 0) is 39.3 Å². The summed E-state index contributed by atoms with van der Waals surface area (Å²) in [6.45, 7) is 7.84. The number of pyridine rings is 1. The van der Waals surface area contributed by atoms with Gasteiger partial charge in [0.15, 0.2) is 0 Å². The van der Waals surface area contributed by atoms with Gasteiger partial charge in [0.2, 0.25) is 0 Å². The van der Waals surface area contributed by atoms with Gasteiger partial charge in [0.25, 0.3) is 0 Å². The molecule has 0 fully saturated rings. The van der Waals surface area contributed by atoms with Crippen molar-refractivity contribution in [2.24, 2.45) is 0 Å². The molecule has 1 rings (SSSR count). The van der Waals surface area contributed by atoms with Crippen LogP contribution in [0.3, 0.4) is 0 Å². The van der Waals surface area contributed by atoms with Gasteiger partial charge < -0.3 is 4.55 Å². The van der Waals surface area contributed by atoms with Crippen LogP contribution in [0.15, 0.2) is 24.5 Å². The van der Waals surface area contributed by atoms with E-state index in [9.17, 15) is 4.55 Å². The highest BCUT2D eigenvalue weighted by Gasteiger charge is 2.28. The number of hydrogen-bond donors (Lipinski definition) is 1. The third-order valence-corrected chi connectivity index (χ3v) is 3.70. The minimum atomic E-state index is -1.05. The van der Waals surface area contributed by atoms with Gasteiger partial charge in [0.1, 0.15) is 4.75 Å². The van der Waals surface area contributed by atoms with E-state index in [2.05, 4.69) is 9.71 Å². The molecule has 1 aromatic heterocycles. The Kier molecular flexibility index (Phi) is 4.13. The molecule has 1 N–H and O–H groups in total. The summed E-state index contributed by atoms with van der Waals surface area (Å²) in [4.78, 5) is 4.04. The van der Waals surface area contributed by atoms with Gasteiger partial charge in [-0.1, -0.05) is 6.07 Å². The summed E-state index contributed by atoms with van der Waals surface area (Å²) in [5.41, 5.74) is 1.05. The second kappa shape index (κ2) is 4.96. The van der Waals surface area contributed by atoms with E-state index in [1.807, 2.05) is 39.8 Å². The standard InChI is InChI=1S/C11H18N2OS/c1-9(10-6-5-7-12-8-10)13-15(14)11(2,3)4/h5-9,13H,1-4H3/t9-,15+/m0/s1. The van der Waals surface area contributed by atoms with Gasteiger partial charge in [-0.15, -0.1) is 4.72 Å². The summed E-state index contributed by atoms with van der Waals surface area (Å²) >= 11 is -1.05. The third kappa shape index (κ3) is 3.81. The molecule has 0 radical (unpaired) electrons. The normalized spacial score (nSPS) is 16.1. The lowest BCUT2D eigenvalue weighted by atomic mass is 10.2. The van der Waals surface area contributed by atoms with Crippen LogP contribution < -0.4 is 4.72 Å². The Balaban J connectivity index is 2.61. The summed E-state index contributed by atoms with van der Waals surface area (Å²) in [7, 11) is 0. The smallest absolute Gasteiger partial charge is 0.136 e. The Morgan fingerprint density at radius 1 is 1.47 bits per heavy atom. The highest BCUT2D eigenvalue weighted by Crippen LogP contribution is 2.18. The molecule has 0 aliphatic carbocycles. The van der Waals surface area contributed by atoms with Crippen molar-refractivity contribution in [3.63, 3.8) is 0 Å². The Morgan fingerprint density at radius 3 is 2.60 bits per heavy atom. The largest absolute Gasteiger partial charge is 0.598 e. The number of rotatable bonds is 3. The molecule has 0 aromatic carbocycles. The van der Waals surface area contributed by atoms with E-state index >= 15 is 0 Å². The van der Waals surface area contributed by atoms with Crippen LogP contribution in [0.1, 0.15) is 39.3 Å². The molecule has 0 aliphatic heterocycles. The number of aromatic nitrogens is 1. The molecule has 0 saturated carbocycles. The van der Waals surface area contributed by atoms with E-state index in [4.69, 9.17) is 0 Å². The topological polar surface area (TPSA) is 48.0 Å². The lowest BCUT2D eigenvalue weighted by Gasteiger charge is -2.26. The Hall–Kier alpha value is -0.580. The van der Waals surface area contributed by atoms with Crippen LogP contribution in [0.2, 0.25) is 0 Å². The first-order chi connectivity index (χ1) is 6.91. The predicted molar refractivity (Wildman–Crippen MR) is 63.7 cm³/mol. The monoisotopic (exact) mass is 226 g/mol. The second-order valence-corrected chi connectivity index (χ2v) is 6.50. The molecule has 0 spiro atoms. The van der Waals surface area contributed by atoms with E-state index < -0.39 is 11.4 Å². The van der Waals surface area contributed by atoms with Crippen molar-refractivity contribution in [2.75, 3.05) is 0 Å². The molecular weight excluding hydrogens is 208 g/mol. The lowest BCUT2D eigenvalue weighted by molar-refractivity contribution is 0.531. The molecule has 84 valence electrons. The summed E-state index contributed by atoms with van der Waals surface area (Å²) in [5, 5.41) is 0. The van der Waals surface area contributed by atoms with Crippen LogP contribution in [0.25, 0.3) is 0 Å². The van der Waals surface area contributed by atoms with E-state index in [1.165, 1.54) is 0 Å². The fraction of sp³-hybridized carbons (Fsp3) is 0.545. The maximum absolute atomic E-state index is 11.8. The minimum Gasteiger partial charge on any atom is -0.598 e. The van der Waals surface area contributed by atoms with Crippen molar-refractivity contribution in [2.45, 2.75) is 38.5 Å². The van der Waals surface area contributed by atoms with Gasteiger partial charge in [-0.3, -0.25) is 4.98 Å².